The molecule has 0 spiro atoms. The van der Waals surface area contributed by atoms with Gasteiger partial charge in [0.25, 0.3) is 0 Å². The van der Waals surface area contributed by atoms with Crippen molar-refractivity contribution in [1.29, 1.82) is 0 Å². The normalized spacial score (nSPS) is 22.0. The number of amidine groups is 1. The Bertz CT molecular complexity index is 718. The average Bonchev–Trinajstić information content (AvgIpc) is 2.69. The van der Waals surface area contributed by atoms with Gasteiger partial charge in [0.1, 0.15) is 18.3 Å². The zero-order valence-corrected chi connectivity index (χ0v) is 16.9. The molecule has 7 nitrogen and oxygen atoms in total. The topological polar surface area (TPSA) is 55.3 Å². The number of hydrogen-bond acceptors (Lipinski definition) is 6. The average molecular weight is 371 g/mol. The summed E-state index contributed by atoms with van der Waals surface area (Å²) in [5.74, 6) is 1.82. The summed E-state index contributed by atoms with van der Waals surface area (Å²) in [6.07, 6.45) is 4.36. The van der Waals surface area contributed by atoms with Crippen LogP contribution in [0.25, 0.3) is 0 Å². The van der Waals surface area contributed by atoms with Crippen LogP contribution in [0.4, 0.5) is 11.5 Å². The molecular weight excluding hydrogens is 340 g/mol. The lowest BCUT2D eigenvalue weighted by Gasteiger charge is -2.34. The Morgan fingerprint density at radius 1 is 1.19 bits per heavy atom. The van der Waals surface area contributed by atoms with Crippen LogP contribution in [0.15, 0.2) is 35.0 Å². The molecule has 7 heteroatoms. The van der Waals surface area contributed by atoms with Crippen molar-refractivity contribution in [2.75, 3.05) is 70.3 Å². The molecule has 0 bridgehead atoms. The molecule has 0 amide bonds. The van der Waals surface area contributed by atoms with Gasteiger partial charge in [-0.15, -0.1) is 0 Å². The van der Waals surface area contributed by atoms with Gasteiger partial charge in [-0.1, -0.05) is 6.08 Å². The van der Waals surface area contributed by atoms with Crippen LogP contribution < -0.4 is 9.80 Å². The fourth-order valence-electron chi connectivity index (χ4n) is 3.44. The number of carbonyl (C=O) groups excluding carboxylic acids is 1. The van der Waals surface area contributed by atoms with E-state index < -0.39 is 0 Å². The molecule has 2 aliphatic heterocycles. The molecule has 27 heavy (non-hydrogen) atoms. The van der Waals surface area contributed by atoms with Crippen molar-refractivity contribution in [3.8, 4) is 0 Å². The van der Waals surface area contributed by atoms with Crippen LogP contribution in [-0.4, -0.2) is 86.9 Å². The van der Waals surface area contributed by atoms with Crippen molar-refractivity contribution in [3.63, 3.8) is 0 Å². The van der Waals surface area contributed by atoms with E-state index in [4.69, 9.17) is 0 Å². The largest absolute Gasteiger partial charge is 0.368 e. The summed E-state index contributed by atoms with van der Waals surface area (Å²) in [5, 5.41) is 0. The van der Waals surface area contributed by atoms with Gasteiger partial charge < -0.3 is 19.6 Å². The number of aromatic nitrogens is 1. The number of likely N-dealkylation sites (N-methyl/N-ethyl adjacent to an activating group) is 2. The fourth-order valence-corrected chi connectivity index (χ4v) is 3.44. The summed E-state index contributed by atoms with van der Waals surface area (Å²) >= 11 is 0. The van der Waals surface area contributed by atoms with Crippen LogP contribution in [0.3, 0.4) is 0 Å². The van der Waals surface area contributed by atoms with Crippen LogP contribution in [-0.2, 0) is 4.79 Å². The zero-order valence-electron chi connectivity index (χ0n) is 16.9. The first-order valence-corrected chi connectivity index (χ1v) is 9.55. The number of allylic oxidation sites excluding steroid dienone is 1. The molecule has 0 aliphatic carbocycles. The predicted octanol–water partition coefficient (Wildman–Crippen LogP) is 1.48. The van der Waals surface area contributed by atoms with E-state index in [1.165, 1.54) is 5.69 Å². The zero-order chi connectivity index (χ0) is 19.4. The number of rotatable bonds is 4. The van der Waals surface area contributed by atoms with Gasteiger partial charge in [-0.25, -0.2) is 9.98 Å². The fraction of sp³-hybridized carbons (Fsp3) is 0.550. The monoisotopic (exact) mass is 370 g/mol. The highest BCUT2D eigenvalue weighted by Crippen LogP contribution is 2.19. The van der Waals surface area contributed by atoms with Crippen molar-refractivity contribution in [1.82, 2.24) is 14.8 Å². The number of aliphatic imine (C=N–C) groups is 1. The molecular formula is C20H30N6O. The van der Waals surface area contributed by atoms with Gasteiger partial charge in [-0.2, -0.15) is 0 Å². The van der Waals surface area contributed by atoms with Crippen molar-refractivity contribution >= 4 is 23.1 Å². The molecule has 3 heterocycles. The standard InChI is InChI=1S/C20H30N6O/c1-5-17-18(27)8-9-24(3)20(17)22-15-25(4)19-7-6-16(14-21-19)26-12-10-23(2)11-13-26/h5-7,14H,8-13,15H2,1-4H3/b17-5-,22-20?. The van der Waals surface area contributed by atoms with Crippen LogP contribution in [0, 0.1) is 0 Å². The number of likely N-dealkylation sites (tertiary alicyclic amines) is 1. The van der Waals surface area contributed by atoms with Gasteiger partial charge in [0, 0.05) is 53.2 Å². The lowest BCUT2D eigenvalue weighted by atomic mass is 10.0. The third kappa shape index (κ3) is 4.47. The van der Waals surface area contributed by atoms with Crippen LogP contribution >= 0.6 is 0 Å². The quantitative estimate of drug-likeness (QED) is 0.749. The van der Waals surface area contributed by atoms with E-state index >= 15 is 0 Å². The van der Waals surface area contributed by atoms with Crippen molar-refractivity contribution in [3.05, 3.63) is 30.0 Å². The Kier molecular flexibility index (Phi) is 6.11. The van der Waals surface area contributed by atoms with Gasteiger partial charge in [0.2, 0.25) is 0 Å². The van der Waals surface area contributed by atoms with Gasteiger partial charge in [-0.05, 0) is 26.1 Å². The number of nitrogens with zero attached hydrogens (tertiary/aromatic N) is 6. The van der Waals surface area contributed by atoms with Crippen LogP contribution in [0.2, 0.25) is 0 Å². The van der Waals surface area contributed by atoms with Gasteiger partial charge >= 0.3 is 0 Å². The first-order valence-electron chi connectivity index (χ1n) is 9.55. The minimum Gasteiger partial charge on any atom is -0.368 e. The van der Waals surface area contributed by atoms with E-state index in [1.54, 1.807) is 0 Å². The lowest BCUT2D eigenvalue weighted by molar-refractivity contribution is -0.115. The van der Waals surface area contributed by atoms with E-state index in [2.05, 4.69) is 37.8 Å². The smallest absolute Gasteiger partial charge is 0.168 e. The summed E-state index contributed by atoms with van der Waals surface area (Å²) in [7, 11) is 6.12. The highest BCUT2D eigenvalue weighted by molar-refractivity contribution is 6.22. The third-order valence-electron chi connectivity index (χ3n) is 5.29. The molecule has 2 aliphatic rings. The summed E-state index contributed by atoms with van der Waals surface area (Å²) in [4.78, 5) is 30.2. The number of hydrogen-bond donors (Lipinski definition) is 0. The molecule has 0 atom stereocenters. The maximum absolute atomic E-state index is 12.1. The summed E-state index contributed by atoms with van der Waals surface area (Å²) in [6, 6.07) is 4.17. The summed E-state index contributed by atoms with van der Waals surface area (Å²) < 4.78 is 0. The van der Waals surface area contributed by atoms with Gasteiger partial charge in [-0.3, -0.25) is 4.79 Å². The first kappa shape index (κ1) is 19.4. The Morgan fingerprint density at radius 3 is 2.56 bits per heavy atom. The molecule has 0 unspecified atom stereocenters. The predicted molar refractivity (Wildman–Crippen MR) is 111 cm³/mol. The highest BCUT2D eigenvalue weighted by atomic mass is 16.1. The van der Waals surface area contributed by atoms with Crippen molar-refractivity contribution in [2.45, 2.75) is 13.3 Å². The van der Waals surface area contributed by atoms with Gasteiger partial charge in [0.05, 0.1) is 17.5 Å². The van der Waals surface area contributed by atoms with Gasteiger partial charge in [0.15, 0.2) is 5.78 Å². The van der Waals surface area contributed by atoms with E-state index in [1.807, 2.05) is 44.3 Å². The van der Waals surface area contributed by atoms with E-state index in [9.17, 15) is 4.79 Å². The first-order chi connectivity index (χ1) is 13.0. The second-order valence-electron chi connectivity index (χ2n) is 7.28. The summed E-state index contributed by atoms with van der Waals surface area (Å²) in [5.41, 5.74) is 1.89. The third-order valence-corrected chi connectivity index (χ3v) is 5.29. The minimum atomic E-state index is 0.173. The molecule has 0 saturated carbocycles. The molecule has 1 aromatic heterocycles. The van der Waals surface area contributed by atoms with E-state index in [0.717, 1.165) is 50.0 Å². The number of carbonyl (C=O) groups is 1. The second-order valence-corrected chi connectivity index (χ2v) is 7.28. The molecule has 3 rings (SSSR count). The van der Waals surface area contributed by atoms with Crippen molar-refractivity contribution in [2.24, 2.45) is 4.99 Å². The Labute approximate surface area is 162 Å². The maximum Gasteiger partial charge on any atom is 0.168 e. The number of Topliss-reactive ketones (excluding diaryl/α,β-unsaturated/α-hetero) is 1. The van der Waals surface area contributed by atoms with Crippen molar-refractivity contribution < 1.29 is 4.79 Å². The number of anilines is 2. The molecule has 2 saturated heterocycles. The molecule has 146 valence electrons. The Morgan fingerprint density at radius 2 is 1.93 bits per heavy atom. The number of ketones is 1. The lowest BCUT2D eigenvalue weighted by Crippen LogP contribution is -2.44. The maximum atomic E-state index is 12.1. The second kappa shape index (κ2) is 8.52. The van der Waals surface area contributed by atoms with E-state index in [-0.39, 0.29) is 5.78 Å². The van der Waals surface area contributed by atoms with Crippen LogP contribution in [0.5, 0.6) is 0 Å². The number of pyridine rings is 1. The minimum absolute atomic E-state index is 0.173. The Balaban J connectivity index is 1.65. The molecule has 1 aromatic rings. The summed E-state index contributed by atoms with van der Waals surface area (Å²) in [6.45, 7) is 7.31. The highest BCUT2D eigenvalue weighted by Gasteiger charge is 2.24. The Hall–Kier alpha value is -2.41. The molecule has 0 aromatic carbocycles. The number of piperidine rings is 1. The molecule has 0 N–H and O–H groups in total. The van der Waals surface area contributed by atoms with Crippen LogP contribution in [0.1, 0.15) is 13.3 Å². The number of piperazine rings is 1. The SMILES string of the molecule is C/C=C1/C(=O)CCN(C)C1=NCN(C)c1ccc(N2CCN(C)CC2)cn1. The molecule has 0 radical (unpaired) electrons. The molecule has 2 fully saturated rings. The van der Waals surface area contributed by atoms with E-state index in [0.29, 0.717) is 13.1 Å².